The summed E-state index contributed by atoms with van der Waals surface area (Å²) >= 11 is 0. The van der Waals surface area contributed by atoms with Crippen molar-refractivity contribution >= 4 is 18.0 Å². The minimum Gasteiger partial charge on any atom is -0.496 e. The number of rotatable bonds is 4. The van der Waals surface area contributed by atoms with Gasteiger partial charge >= 0.3 is 12.1 Å². The minimum atomic E-state index is -0.897. The van der Waals surface area contributed by atoms with Crippen LogP contribution in [-0.2, 0) is 9.53 Å². The Labute approximate surface area is 164 Å². The zero-order valence-electron chi connectivity index (χ0n) is 16.7. The van der Waals surface area contributed by atoms with E-state index in [0.29, 0.717) is 25.4 Å². The zero-order valence-corrected chi connectivity index (χ0v) is 16.7. The lowest BCUT2D eigenvalue weighted by Gasteiger charge is -2.41. The number of carbonyl (C=O) groups is 3. The van der Waals surface area contributed by atoms with E-state index in [4.69, 9.17) is 15.2 Å². The number of ether oxygens (including phenoxy) is 2. The highest BCUT2D eigenvalue weighted by Gasteiger charge is 2.35. The second kappa shape index (κ2) is 8.92. The van der Waals surface area contributed by atoms with Crippen molar-refractivity contribution in [1.82, 2.24) is 15.1 Å². The maximum absolute atomic E-state index is 12.5. The largest absolute Gasteiger partial charge is 0.496 e. The molecule has 1 heterocycles. The van der Waals surface area contributed by atoms with Crippen molar-refractivity contribution < 1.29 is 23.9 Å². The lowest BCUT2D eigenvalue weighted by atomic mass is 10.0. The highest BCUT2D eigenvalue weighted by atomic mass is 16.6. The molecule has 9 nitrogen and oxygen atoms in total. The molecular weight excluding hydrogens is 364 g/mol. The van der Waals surface area contributed by atoms with E-state index in [9.17, 15) is 14.4 Å². The summed E-state index contributed by atoms with van der Waals surface area (Å²) in [5, 5.41) is 2.08. The van der Waals surface area contributed by atoms with Crippen molar-refractivity contribution in [3.05, 3.63) is 29.8 Å². The van der Waals surface area contributed by atoms with Crippen molar-refractivity contribution in [1.29, 1.82) is 0 Å². The fourth-order valence-corrected chi connectivity index (χ4v) is 3.10. The number of methoxy groups -OCH3 is 1. The smallest absolute Gasteiger partial charge is 0.410 e. The molecule has 154 valence electrons. The molecule has 0 spiro atoms. The van der Waals surface area contributed by atoms with Crippen molar-refractivity contribution in [3.63, 3.8) is 0 Å². The second-order valence-corrected chi connectivity index (χ2v) is 7.57. The Kier molecular flexibility index (Phi) is 6.85. The summed E-state index contributed by atoms with van der Waals surface area (Å²) in [4.78, 5) is 39.1. The molecule has 0 saturated carbocycles. The summed E-state index contributed by atoms with van der Waals surface area (Å²) in [5.74, 6) is 0.150. The quantitative estimate of drug-likeness (QED) is 0.802. The van der Waals surface area contributed by atoms with Gasteiger partial charge in [0, 0.05) is 25.2 Å². The predicted molar refractivity (Wildman–Crippen MR) is 103 cm³/mol. The molecule has 1 aromatic rings. The summed E-state index contributed by atoms with van der Waals surface area (Å²) in [6, 6.07) is 6.22. The van der Waals surface area contributed by atoms with Crippen LogP contribution in [0.15, 0.2) is 24.3 Å². The van der Waals surface area contributed by atoms with Gasteiger partial charge in [0.2, 0.25) is 5.91 Å². The number of nitrogens with two attached hydrogens (primary N) is 1. The van der Waals surface area contributed by atoms with Gasteiger partial charge < -0.3 is 20.1 Å². The number of carbonyl (C=O) groups excluding carboxylic acids is 3. The molecule has 0 radical (unpaired) electrons. The topological polar surface area (TPSA) is 114 Å². The number of nitrogens with zero attached hydrogens (tertiary/aromatic N) is 2. The maximum atomic E-state index is 12.5. The maximum Gasteiger partial charge on any atom is 0.410 e. The van der Waals surface area contributed by atoms with Gasteiger partial charge in [0.15, 0.2) is 0 Å². The van der Waals surface area contributed by atoms with Crippen LogP contribution in [0, 0.1) is 0 Å². The zero-order chi connectivity index (χ0) is 20.9. The van der Waals surface area contributed by atoms with E-state index in [2.05, 4.69) is 5.32 Å². The molecule has 0 unspecified atom stereocenters. The third-order valence-corrected chi connectivity index (χ3v) is 4.25. The van der Waals surface area contributed by atoms with Crippen LogP contribution in [0.3, 0.4) is 0 Å². The van der Waals surface area contributed by atoms with Crippen LogP contribution in [0.2, 0.25) is 0 Å². The average Bonchev–Trinajstić information content (AvgIpc) is 2.59. The van der Waals surface area contributed by atoms with Crippen LogP contribution >= 0.6 is 0 Å². The monoisotopic (exact) mass is 392 g/mol. The Morgan fingerprint density at radius 1 is 1.21 bits per heavy atom. The summed E-state index contributed by atoms with van der Waals surface area (Å²) in [5.41, 5.74) is 5.27. The van der Waals surface area contributed by atoms with Gasteiger partial charge in [-0.15, -0.1) is 0 Å². The number of benzene rings is 1. The van der Waals surface area contributed by atoms with Crippen molar-refractivity contribution in [3.8, 4) is 5.75 Å². The van der Waals surface area contributed by atoms with Gasteiger partial charge in [-0.05, 0) is 26.8 Å². The molecule has 4 amide bonds. The SMILES string of the molecule is COc1ccccc1[C@@H]1CN(C(=O)OC(C)(C)C)CCN1CC(=O)NC(N)=O. The summed E-state index contributed by atoms with van der Waals surface area (Å²) in [6.07, 6.45) is -0.409. The van der Waals surface area contributed by atoms with Crippen LogP contribution < -0.4 is 15.8 Å². The molecule has 2 rings (SSSR count). The lowest BCUT2D eigenvalue weighted by Crippen LogP contribution is -2.54. The number of amides is 4. The highest BCUT2D eigenvalue weighted by Crippen LogP contribution is 2.32. The fraction of sp³-hybridized carbons (Fsp3) is 0.526. The predicted octanol–water partition coefficient (Wildman–Crippen LogP) is 1.48. The molecule has 1 atom stereocenters. The molecule has 9 heteroatoms. The molecule has 1 aliphatic heterocycles. The number of imide groups is 1. The first-order valence-corrected chi connectivity index (χ1v) is 9.05. The third-order valence-electron chi connectivity index (χ3n) is 4.25. The number of hydrogen-bond donors (Lipinski definition) is 2. The normalized spacial score (nSPS) is 17.7. The summed E-state index contributed by atoms with van der Waals surface area (Å²) in [6.45, 7) is 6.54. The van der Waals surface area contributed by atoms with Crippen LogP contribution in [0.25, 0.3) is 0 Å². The van der Waals surface area contributed by atoms with Gasteiger partial charge in [-0.25, -0.2) is 9.59 Å². The molecule has 3 N–H and O–H groups in total. The standard InChI is InChI=1S/C19H28N4O5/c1-19(2,3)28-18(26)23-10-9-22(12-16(24)21-17(20)25)14(11-23)13-7-5-6-8-15(13)27-4/h5-8,14H,9-12H2,1-4H3,(H3,20,21,24,25)/t14-/m0/s1. The first kappa shape index (κ1) is 21.5. The van der Waals surface area contributed by atoms with Gasteiger partial charge in [0.1, 0.15) is 11.4 Å². The van der Waals surface area contributed by atoms with E-state index >= 15 is 0 Å². The van der Waals surface area contributed by atoms with Crippen molar-refractivity contribution in [2.45, 2.75) is 32.4 Å². The Morgan fingerprint density at radius 3 is 2.50 bits per heavy atom. The van der Waals surface area contributed by atoms with Crippen LogP contribution in [0.1, 0.15) is 32.4 Å². The van der Waals surface area contributed by atoms with E-state index in [1.807, 2.05) is 49.9 Å². The molecule has 0 bridgehead atoms. The Balaban J connectivity index is 2.25. The number of urea groups is 1. The Bertz CT molecular complexity index is 731. The van der Waals surface area contributed by atoms with Crippen molar-refractivity contribution in [2.24, 2.45) is 5.73 Å². The first-order chi connectivity index (χ1) is 13.1. The van der Waals surface area contributed by atoms with Crippen LogP contribution in [0.5, 0.6) is 5.75 Å². The third kappa shape index (κ3) is 5.85. The van der Waals surface area contributed by atoms with Crippen LogP contribution in [-0.4, -0.2) is 66.7 Å². The second-order valence-electron chi connectivity index (χ2n) is 7.57. The minimum absolute atomic E-state index is 0.0339. The van der Waals surface area contributed by atoms with E-state index in [1.54, 1.807) is 12.0 Å². The Morgan fingerprint density at radius 2 is 1.89 bits per heavy atom. The van der Waals surface area contributed by atoms with Crippen molar-refractivity contribution in [2.75, 3.05) is 33.3 Å². The summed E-state index contributed by atoms with van der Waals surface area (Å²) in [7, 11) is 1.57. The number of primary amides is 1. The first-order valence-electron chi connectivity index (χ1n) is 9.05. The molecule has 0 aliphatic carbocycles. The van der Waals surface area contributed by atoms with Crippen LogP contribution in [0.4, 0.5) is 9.59 Å². The van der Waals surface area contributed by atoms with Gasteiger partial charge in [0.25, 0.3) is 0 Å². The van der Waals surface area contributed by atoms with Gasteiger partial charge in [-0.3, -0.25) is 15.0 Å². The fourth-order valence-electron chi connectivity index (χ4n) is 3.10. The number of piperazine rings is 1. The van der Waals surface area contributed by atoms with Gasteiger partial charge in [-0.1, -0.05) is 18.2 Å². The van der Waals surface area contributed by atoms with E-state index in [-0.39, 0.29) is 12.6 Å². The molecule has 28 heavy (non-hydrogen) atoms. The number of hydrogen-bond acceptors (Lipinski definition) is 6. The molecular formula is C19H28N4O5. The number of para-hydroxylation sites is 1. The molecule has 1 fully saturated rings. The van der Waals surface area contributed by atoms with E-state index in [1.165, 1.54) is 0 Å². The summed E-state index contributed by atoms with van der Waals surface area (Å²) < 4.78 is 10.9. The molecule has 1 aromatic carbocycles. The average molecular weight is 392 g/mol. The van der Waals surface area contributed by atoms with Gasteiger partial charge in [0.05, 0.1) is 19.7 Å². The molecule has 0 aromatic heterocycles. The number of nitrogens with one attached hydrogen (secondary N) is 1. The van der Waals surface area contributed by atoms with E-state index < -0.39 is 23.6 Å². The molecule has 1 aliphatic rings. The lowest BCUT2D eigenvalue weighted by molar-refractivity contribution is -0.122. The van der Waals surface area contributed by atoms with Gasteiger partial charge in [-0.2, -0.15) is 0 Å². The molecule has 1 saturated heterocycles. The van der Waals surface area contributed by atoms with E-state index in [0.717, 1.165) is 5.56 Å². The highest BCUT2D eigenvalue weighted by molar-refractivity contribution is 5.94. The Hall–Kier alpha value is -2.81.